The minimum atomic E-state index is 0. The highest BCUT2D eigenvalue weighted by Gasteiger charge is 2.42. The maximum absolute atomic E-state index is 3.90. The number of nitrogens with zero attached hydrogens (tertiary/aromatic N) is 1. The van der Waals surface area contributed by atoms with E-state index in [-0.39, 0.29) is 17.0 Å². The molecule has 0 fully saturated rings. The predicted molar refractivity (Wildman–Crippen MR) is 500 cm³/mol. The van der Waals surface area contributed by atoms with Gasteiger partial charge >= 0.3 is 0 Å². The zero-order valence-corrected chi connectivity index (χ0v) is 69.4. The summed E-state index contributed by atoms with van der Waals surface area (Å²) in [5.41, 5.74) is 32.4. The fraction of sp³-hybridized carbons (Fsp3) is 0.0714. The maximum Gasteiger partial charge on any atom is 0.106 e. The van der Waals surface area contributed by atoms with Crippen molar-refractivity contribution in [3.8, 4) is 89.0 Å². The van der Waals surface area contributed by atoms with E-state index < -0.39 is 0 Å². The molecule has 3 aliphatic heterocycles. The summed E-state index contributed by atoms with van der Waals surface area (Å²) in [6, 6.07) is 144. The van der Waals surface area contributed by atoms with Gasteiger partial charge in [0.25, 0.3) is 0 Å². The van der Waals surface area contributed by atoms with Crippen molar-refractivity contribution in [2.75, 3.05) is 0 Å². The van der Waals surface area contributed by atoms with E-state index >= 15 is 0 Å². The molecule has 0 atom stereocenters. The van der Waals surface area contributed by atoms with E-state index in [1.54, 1.807) is 0 Å². The van der Waals surface area contributed by atoms with Crippen LogP contribution in [0.4, 0.5) is 0 Å². The van der Waals surface area contributed by atoms with E-state index in [2.05, 4.69) is 425 Å². The van der Waals surface area contributed by atoms with Crippen molar-refractivity contribution >= 4 is 118 Å². The van der Waals surface area contributed by atoms with Gasteiger partial charge < -0.3 is 26.8 Å². The molecule has 5 heteroatoms. The first-order chi connectivity index (χ1) is 57.4. The van der Waals surface area contributed by atoms with E-state index in [0.29, 0.717) is 0 Å². The number of halogens is 3. The van der Waals surface area contributed by atoms with E-state index in [0.717, 1.165) is 54.4 Å². The molecule has 0 amide bonds. The Bertz CT molecular complexity index is 6830. The zero-order valence-electron chi connectivity index (χ0n) is 64.7. The Morgan fingerprint density at radius 1 is 0.214 bits per heavy atom. The molecule has 0 radical (unpaired) electrons. The molecule has 560 valence electrons. The van der Waals surface area contributed by atoms with Crippen LogP contribution in [0.25, 0.3) is 175 Å². The van der Waals surface area contributed by atoms with Gasteiger partial charge in [0.2, 0.25) is 0 Å². The highest BCUT2D eigenvalue weighted by Crippen LogP contribution is 2.55. The summed E-state index contributed by atoms with van der Waals surface area (Å²) in [5.74, 6) is 0. The third-order valence-corrected chi connectivity index (χ3v) is 26.0. The van der Waals surface area contributed by atoms with Gasteiger partial charge in [-0.05, 0) is 211 Å². The van der Waals surface area contributed by atoms with Gasteiger partial charge in [-0.1, -0.05) is 396 Å². The summed E-state index contributed by atoms with van der Waals surface area (Å²) in [4.78, 5) is 0. The minimum Gasteiger partial charge on any atom is -1.00 e. The normalized spacial score (nSPS) is 13.0. The quantitative estimate of drug-likeness (QED) is 0.124. The fourth-order valence-electron chi connectivity index (χ4n) is 19.9. The standard InChI is InChI=1S/C56H40N.C34H24Br2.C22H17N.BrH/c1-3-15-37(16-4-1)49-31-41-21-9-13-25-47(41)55-51(49)35-57(36-52-50(38-17-5-2-6-18-38)32-42-22-10-14-26-48(42)56(52)55)33-43-29-27-39-19-7-11-23-45(39)53(43)54-44(34-57)30-28-40-20-8-12-24-46(40)54;35-21-31-29(23-11-3-1-4-12-23)19-25-15-7-9-17-27(25)33(31)34-28-18-10-8-16-26(28)20-30(32(34)22-36)24-13-5-2-6-14-24;1-3-7-19-15(5-1)9-11-17-13-23-14-18-12-10-16-6-2-4-8-20(16)22(18)21(17)19;/h1-32H,33-36H2;1-20H,21-22H2;1-12,23H,13-14H2;1H/q+1;;;/p-1. The van der Waals surface area contributed by atoms with Crippen LogP contribution in [0.2, 0.25) is 0 Å². The first-order valence-corrected chi connectivity index (χ1v) is 42.8. The maximum atomic E-state index is 3.90. The first-order valence-electron chi connectivity index (χ1n) is 40.5. The number of benzene rings is 20. The molecule has 0 saturated carbocycles. The van der Waals surface area contributed by atoms with Crippen molar-refractivity contribution < 1.29 is 21.5 Å². The summed E-state index contributed by atoms with van der Waals surface area (Å²) in [5, 5.41) is 26.0. The lowest BCUT2D eigenvalue weighted by Crippen LogP contribution is -3.00. The Labute approximate surface area is 710 Å². The van der Waals surface area contributed by atoms with Gasteiger partial charge in [0.05, 0.1) is 0 Å². The molecule has 20 aromatic carbocycles. The molecule has 23 rings (SSSR count). The molecule has 2 nitrogen and oxygen atoms in total. The summed E-state index contributed by atoms with van der Waals surface area (Å²) >= 11 is 7.80. The van der Waals surface area contributed by atoms with E-state index in [1.807, 2.05) is 0 Å². The Kier molecular flexibility index (Phi) is 19.8. The molecule has 3 heterocycles. The Morgan fingerprint density at radius 2 is 0.444 bits per heavy atom. The minimum absolute atomic E-state index is 0. The van der Waals surface area contributed by atoms with E-state index in [4.69, 9.17) is 0 Å². The molecule has 0 aromatic heterocycles. The van der Waals surface area contributed by atoms with Crippen LogP contribution in [0.1, 0.15) is 44.5 Å². The van der Waals surface area contributed by atoms with Gasteiger partial charge in [-0.15, -0.1) is 0 Å². The van der Waals surface area contributed by atoms with Gasteiger partial charge in [-0.2, -0.15) is 0 Å². The van der Waals surface area contributed by atoms with Gasteiger partial charge in [0, 0.05) is 57.1 Å². The van der Waals surface area contributed by atoms with E-state index in [9.17, 15) is 0 Å². The van der Waals surface area contributed by atoms with Gasteiger partial charge in [0.1, 0.15) is 26.2 Å². The molecule has 117 heavy (non-hydrogen) atoms. The molecule has 0 aliphatic carbocycles. The van der Waals surface area contributed by atoms with E-state index in [1.165, 1.54) is 220 Å². The monoisotopic (exact) mass is 1690 g/mol. The Morgan fingerprint density at radius 3 is 0.744 bits per heavy atom. The van der Waals surface area contributed by atoms with Crippen LogP contribution < -0.4 is 22.3 Å². The number of nitrogens with one attached hydrogen (secondary N) is 1. The van der Waals surface area contributed by atoms with Crippen molar-refractivity contribution in [1.29, 1.82) is 0 Å². The molecule has 0 bridgehead atoms. The largest absolute Gasteiger partial charge is 1.00 e. The lowest BCUT2D eigenvalue weighted by atomic mass is 9.82. The number of hydrogen-bond acceptors (Lipinski definition) is 1. The average molecular weight is 1690 g/mol. The molecule has 0 unspecified atom stereocenters. The molecule has 1 N–H and O–H groups in total. The number of quaternary nitrogens is 1. The lowest BCUT2D eigenvalue weighted by Gasteiger charge is -2.39. The highest BCUT2D eigenvalue weighted by molar-refractivity contribution is 9.08. The predicted octanol–water partition coefficient (Wildman–Crippen LogP) is 27.6. The van der Waals surface area contributed by atoms with Crippen LogP contribution in [0, 0.1) is 0 Å². The summed E-state index contributed by atoms with van der Waals surface area (Å²) in [6.45, 7) is 5.49. The van der Waals surface area contributed by atoms with Crippen LogP contribution in [-0.2, 0) is 49.9 Å². The average Bonchev–Trinajstić information content (AvgIpc) is 1.57. The lowest BCUT2D eigenvalue weighted by molar-refractivity contribution is -0.977. The second kappa shape index (κ2) is 31.5. The summed E-state index contributed by atoms with van der Waals surface area (Å²) in [6.07, 6.45) is 0. The van der Waals surface area contributed by atoms with Crippen molar-refractivity contribution in [2.45, 2.75) is 49.9 Å². The third kappa shape index (κ3) is 13.2. The molecule has 20 aromatic rings. The van der Waals surface area contributed by atoms with Crippen molar-refractivity contribution in [1.82, 2.24) is 5.32 Å². The molecule has 3 aliphatic rings. The molecular formula is C112H81Br3N2. The van der Waals surface area contributed by atoms with Crippen LogP contribution >= 0.6 is 31.9 Å². The van der Waals surface area contributed by atoms with Gasteiger partial charge in [-0.3, -0.25) is 0 Å². The third-order valence-electron chi connectivity index (χ3n) is 24.9. The number of alkyl halides is 2. The van der Waals surface area contributed by atoms with Crippen LogP contribution in [-0.4, -0.2) is 4.48 Å². The highest BCUT2D eigenvalue weighted by atomic mass is 79.9. The van der Waals surface area contributed by atoms with Crippen molar-refractivity contribution in [3.63, 3.8) is 0 Å². The second-order valence-electron chi connectivity index (χ2n) is 31.6. The molecule has 0 saturated heterocycles. The second-order valence-corrected chi connectivity index (χ2v) is 32.7. The van der Waals surface area contributed by atoms with Crippen LogP contribution in [0.15, 0.2) is 388 Å². The molecular weight excluding hydrogens is 1610 g/mol. The van der Waals surface area contributed by atoms with Crippen LogP contribution in [0.5, 0.6) is 0 Å². The number of hydrogen-bond donors (Lipinski definition) is 1. The van der Waals surface area contributed by atoms with Crippen molar-refractivity contribution in [2.24, 2.45) is 0 Å². The summed E-state index contributed by atoms with van der Waals surface area (Å²) < 4.78 is 0.882. The topological polar surface area (TPSA) is 12.0 Å². The number of fused-ring (bicyclic) bond motifs is 23. The molecule has 1 spiro atoms. The SMILES string of the molecule is BrCc1c(-c2ccccc2)cc2ccccc2c1-c1c(CBr)c(-c2ccccc2)cc2ccccc12.[Br-].c1ccc(-c2cc3ccccc3c3c2C[N+]2(Cc4ccc5ccccc5c4-c4c(ccc5ccccc45)C2)Cc2c(-c4ccccc4)cc4ccccc4c2-3)cc1.c1ccc2c3c(ccc2c1)CNCc1ccc2ccccc2c1-3. The Hall–Kier alpha value is -12.2. The zero-order chi connectivity index (χ0) is 77.2. The van der Waals surface area contributed by atoms with Gasteiger partial charge in [0.15, 0.2) is 0 Å². The number of rotatable bonds is 7. The summed E-state index contributed by atoms with van der Waals surface area (Å²) in [7, 11) is 0. The first kappa shape index (κ1) is 73.7. The van der Waals surface area contributed by atoms with Gasteiger partial charge in [-0.25, -0.2) is 0 Å². The fourth-order valence-corrected chi connectivity index (χ4v) is 21.0. The smallest absolute Gasteiger partial charge is 0.106 e. The van der Waals surface area contributed by atoms with Crippen molar-refractivity contribution in [3.05, 3.63) is 433 Å². The Balaban J connectivity index is 0.000000125. The van der Waals surface area contributed by atoms with Crippen LogP contribution in [0.3, 0.4) is 0 Å².